The molecule has 0 heterocycles. The molecule has 4 aromatic rings. The Labute approximate surface area is 143 Å². The predicted molar refractivity (Wildman–Crippen MR) is 104 cm³/mol. The van der Waals surface area contributed by atoms with Gasteiger partial charge in [-0.1, -0.05) is 84.9 Å². The highest BCUT2D eigenvalue weighted by Gasteiger charge is 2.07. The minimum Gasteiger partial charge on any atom is -0.0616 e. The third-order valence-electron chi connectivity index (χ3n) is 4.84. The topological polar surface area (TPSA) is 0 Å². The minimum absolute atomic E-state index is 0.320. The van der Waals surface area contributed by atoms with E-state index in [0.717, 1.165) is 12.8 Å². The van der Waals surface area contributed by atoms with Gasteiger partial charge in [0.05, 0.1) is 0 Å². The summed E-state index contributed by atoms with van der Waals surface area (Å²) in [6.45, 7) is 4.39. The molecule has 0 aliphatic heterocycles. The van der Waals surface area contributed by atoms with Gasteiger partial charge in [0, 0.05) is 0 Å². The molecule has 0 aliphatic carbocycles. The van der Waals surface area contributed by atoms with Gasteiger partial charge >= 0.3 is 0 Å². The molecule has 0 heteroatoms. The molecule has 0 aliphatic rings. The molecule has 0 N–H and O–H groups in total. The van der Waals surface area contributed by atoms with E-state index in [0.29, 0.717) is 5.92 Å². The van der Waals surface area contributed by atoms with Gasteiger partial charge in [-0.15, -0.1) is 0 Å². The Bertz CT molecular complexity index is 981. The zero-order valence-electron chi connectivity index (χ0n) is 13.8. The van der Waals surface area contributed by atoms with Crippen LogP contribution in [0.1, 0.15) is 23.5 Å². The second-order valence-corrected chi connectivity index (χ2v) is 6.52. The van der Waals surface area contributed by atoms with Crippen LogP contribution in [-0.2, 0) is 6.42 Å². The summed E-state index contributed by atoms with van der Waals surface area (Å²) < 4.78 is 0. The van der Waals surface area contributed by atoms with Crippen LogP contribution < -0.4 is 0 Å². The molecule has 0 saturated carbocycles. The maximum Gasteiger partial charge on any atom is -0.0158 e. The fourth-order valence-electron chi connectivity index (χ4n) is 3.36. The third-order valence-corrected chi connectivity index (χ3v) is 4.84. The van der Waals surface area contributed by atoms with E-state index in [4.69, 9.17) is 0 Å². The fraction of sp³-hybridized carbons (Fsp3) is 0.125. The summed E-state index contributed by atoms with van der Waals surface area (Å²) in [6, 6.07) is 30.6. The van der Waals surface area contributed by atoms with Gasteiger partial charge in [0.1, 0.15) is 0 Å². The summed E-state index contributed by atoms with van der Waals surface area (Å²) in [5.41, 5.74) is 2.72. The highest BCUT2D eigenvalue weighted by atomic mass is 14.1. The van der Waals surface area contributed by atoms with Crippen LogP contribution in [0.5, 0.6) is 0 Å². The molecule has 0 amide bonds. The predicted octanol–water partition coefficient (Wildman–Crippen LogP) is 6.54. The van der Waals surface area contributed by atoms with Gasteiger partial charge in [0.15, 0.2) is 0 Å². The van der Waals surface area contributed by atoms with Gasteiger partial charge in [-0.05, 0) is 58.4 Å². The van der Waals surface area contributed by atoms with Crippen molar-refractivity contribution in [2.45, 2.75) is 18.8 Å². The van der Waals surface area contributed by atoms with E-state index in [1.807, 2.05) is 0 Å². The number of benzene rings is 4. The summed E-state index contributed by atoms with van der Waals surface area (Å²) in [5, 5.41) is 5.22. The highest BCUT2D eigenvalue weighted by Crippen LogP contribution is 2.25. The molecule has 0 saturated heterocycles. The molecular weight excluding hydrogens is 288 g/mol. The molecule has 24 heavy (non-hydrogen) atoms. The SMILES string of the molecule is [CH2]C(CCc1ccc2ccccc2c1)c1ccc2ccccc2c1. The van der Waals surface area contributed by atoms with E-state index in [9.17, 15) is 0 Å². The largest absolute Gasteiger partial charge is 0.0616 e. The molecule has 0 fully saturated rings. The molecule has 0 spiro atoms. The number of fused-ring (bicyclic) bond motifs is 2. The first-order valence-corrected chi connectivity index (χ1v) is 8.59. The molecule has 1 unspecified atom stereocenters. The lowest BCUT2D eigenvalue weighted by Crippen LogP contribution is -1.97. The molecule has 117 valence electrons. The molecule has 0 bridgehead atoms. The van der Waals surface area contributed by atoms with Crippen molar-refractivity contribution in [3.63, 3.8) is 0 Å². The van der Waals surface area contributed by atoms with Crippen LogP contribution in [0.25, 0.3) is 21.5 Å². The van der Waals surface area contributed by atoms with E-state index in [2.05, 4.69) is 91.9 Å². The minimum atomic E-state index is 0.320. The second kappa shape index (κ2) is 6.49. The van der Waals surface area contributed by atoms with E-state index in [-0.39, 0.29) is 0 Å². The maximum absolute atomic E-state index is 4.39. The zero-order valence-corrected chi connectivity index (χ0v) is 13.8. The molecule has 4 aromatic carbocycles. The van der Waals surface area contributed by atoms with Gasteiger partial charge in [-0.2, -0.15) is 0 Å². The van der Waals surface area contributed by atoms with Gasteiger partial charge in [0.25, 0.3) is 0 Å². The number of rotatable bonds is 4. The normalized spacial score (nSPS) is 12.5. The lowest BCUT2D eigenvalue weighted by atomic mass is 9.92. The molecule has 0 nitrogen and oxygen atoms in total. The zero-order chi connectivity index (χ0) is 16.4. The van der Waals surface area contributed by atoms with Gasteiger partial charge in [0.2, 0.25) is 0 Å². The molecular formula is C24H21. The average molecular weight is 309 g/mol. The first-order chi connectivity index (χ1) is 11.8. The van der Waals surface area contributed by atoms with Crippen LogP contribution in [0.2, 0.25) is 0 Å². The first kappa shape index (κ1) is 15.0. The van der Waals surface area contributed by atoms with Crippen LogP contribution in [0, 0.1) is 6.92 Å². The van der Waals surface area contributed by atoms with Crippen molar-refractivity contribution in [1.29, 1.82) is 0 Å². The van der Waals surface area contributed by atoms with E-state index >= 15 is 0 Å². The lowest BCUT2D eigenvalue weighted by molar-refractivity contribution is 0.734. The Morgan fingerprint density at radius 1 is 0.625 bits per heavy atom. The van der Waals surface area contributed by atoms with Crippen molar-refractivity contribution >= 4 is 21.5 Å². The summed E-state index contributed by atoms with van der Waals surface area (Å²) in [7, 11) is 0. The second-order valence-electron chi connectivity index (χ2n) is 6.52. The molecule has 1 radical (unpaired) electrons. The van der Waals surface area contributed by atoms with E-state index in [1.165, 1.54) is 32.7 Å². The Morgan fingerprint density at radius 3 is 1.92 bits per heavy atom. The molecule has 4 rings (SSSR count). The lowest BCUT2D eigenvalue weighted by Gasteiger charge is -2.13. The van der Waals surface area contributed by atoms with Crippen LogP contribution in [-0.4, -0.2) is 0 Å². The molecule has 1 atom stereocenters. The molecule has 0 aromatic heterocycles. The van der Waals surface area contributed by atoms with Gasteiger partial charge < -0.3 is 0 Å². The van der Waals surface area contributed by atoms with Gasteiger partial charge in [-0.3, -0.25) is 0 Å². The summed E-state index contributed by atoms with van der Waals surface area (Å²) >= 11 is 0. The average Bonchev–Trinajstić information content (AvgIpc) is 2.65. The number of hydrogen-bond donors (Lipinski definition) is 0. The first-order valence-electron chi connectivity index (χ1n) is 8.59. The Kier molecular flexibility index (Phi) is 4.04. The number of aryl methyl sites for hydroxylation is 1. The van der Waals surface area contributed by atoms with Crippen molar-refractivity contribution in [3.05, 3.63) is 103 Å². The van der Waals surface area contributed by atoms with Gasteiger partial charge in [-0.25, -0.2) is 0 Å². The Hall–Kier alpha value is -2.60. The Balaban J connectivity index is 1.50. The Morgan fingerprint density at radius 2 is 1.21 bits per heavy atom. The summed E-state index contributed by atoms with van der Waals surface area (Å²) in [6.07, 6.45) is 2.13. The quantitative estimate of drug-likeness (QED) is 0.401. The monoisotopic (exact) mass is 309 g/mol. The van der Waals surface area contributed by atoms with Crippen LogP contribution in [0.15, 0.2) is 84.9 Å². The number of hydrogen-bond acceptors (Lipinski definition) is 0. The van der Waals surface area contributed by atoms with Crippen LogP contribution >= 0.6 is 0 Å². The van der Waals surface area contributed by atoms with Crippen molar-refractivity contribution < 1.29 is 0 Å². The summed E-state index contributed by atoms with van der Waals surface area (Å²) in [5.74, 6) is 0.320. The van der Waals surface area contributed by atoms with Crippen LogP contribution in [0.3, 0.4) is 0 Å². The van der Waals surface area contributed by atoms with Crippen LogP contribution in [0.4, 0.5) is 0 Å². The fourth-order valence-corrected chi connectivity index (χ4v) is 3.36. The maximum atomic E-state index is 4.39. The van der Waals surface area contributed by atoms with E-state index in [1.54, 1.807) is 0 Å². The van der Waals surface area contributed by atoms with Crippen molar-refractivity contribution in [2.24, 2.45) is 0 Å². The van der Waals surface area contributed by atoms with Crippen molar-refractivity contribution in [2.75, 3.05) is 0 Å². The standard InChI is InChI=1S/C24H21/c1-18(22-15-14-21-7-3-5-9-24(21)17-22)10-11-19-12-13-20-6-2-4-8-23(20)16-19/h2-9,12-18H,1,10-11H2. The van der Waals surface area contributed by atoms with Crippen molar-refractivity contribution in [1.82, 2.24) is 0 Å². The highest BCUT2D eigenvalue weighted by molar-refractivity contribution is 5.83. The van der Waals surface area contributed by atoms with E-state index < -0.39 is 0 Å². The third kappa shape index (κ3) is 3.05. The smallest absolute Gasteiger partial charge is 0.0158 e. The summed E-state index contributed by atoms with van der Waals surface area (Å²) in [4.78, 5) is 0. The van der Waals surface area contributed by atoms with Crippen molar-refractivity contribution in [3.8, 4) is 0 Å².